The van der Waals surface area contributed by atoms with Crippen LogP contribution in [0.1, 0.15) is 23.2 Å². The normalized spacial score (nSPS) is 10.1. The summed E-state index contributed by atoms with van der Waals surface area (Å²) in [4.78, 5) is 13.8. The number of carbonyl (C=O) groups is 1. The molecule has 4 heteroatoms. The smallest absolute Gasteiger partial charge is 0.254 e. The van der Waals surface area contributed by atoms with Crippen LogP contribution in [-0.2, 0) is 0 Å². The monoisotopic (exact) mass is 315 g/mol. The Balaban J connectivity index is 2.71. The molecule has 0 aliphatic heterocycles. The third-order valence-corrected chi connectivity index (χ3v) is 3.30. The second kappa shape index (κ2) is 6.82. The van der Waals surface area contributed by atoms with E-state index in [2.05, 4.69) is 22.5 Å². The molecule has 17 heavy (non-hydrogen) atoms. The van der Waals surface area contributed by atoms with E-state index in [1.165, 1.54) is 0 Å². The van der Waals surface area contributed by atoms with Crippen molar-refractivity contribution >= 4 is 33.4 Å². The van der Waals surface area contributed by atoms with E-state index < -0.39 is 0 Å². The fraction of sp³-hybridized carbons (Fsp3) is 0.308. The lowest BCUT2D eigenvalue weighted by Crippen LogP contribution is -2.27. The maximum Gasteiger partial charge on any atom is 0.254 e. The van der Waals surface area contributed by atoms with Gasteiger partial charge in [0.1, 0.15) is 0 Å². The standard InChI is InChI=1S/C13H15BrClNO/c1-3-4-5-8-16(2)13(17)11-7-6-10(15)9-12(11)14/h3,6-7,9H,1,4-5,8H2,2H3. The molecule has 1 amide bonds. The molecule has 0 spiro atoms. The first kappa shape index (κ1) is 14.3. The number of allylic oxidation sites excluding steroid dienone is 1. The molecule has 0 saturated carbocycles. The molecule has 1 rings (SSSR count). The van der Waals surface area contributed by atoms with Gasteiger partial charge in [-0.25, -0.2) is 0 Å². The van der Waals surface area contributed by atoms with Crippen LogP contribution in [0, 0.1) is 0 Å². The molecular formula is C13H15BrClNO. The number of hydrogen-bond acceptors (Lipinski definition) is 1. The quantitative estimate of drug-likeness (QED) is 0.590. The molecule has 0 fully saturated rings. The molecule has 0 heterocycles. The Kier molecular flexibility index (Phi) is 5.72. The van der Waals surface area contributed by atoms with Crippen LogP contribution in [0.25, 0.3) is 0 Å². The first-order chi connectivity index (χ1) is 8.06. The fourth-order valence-electron chi connectivity index (χ4n) is 1.44. The molecule has 0 saturated heterocycles. The third-order valence-electron chi connectivity index (χ3n) is 2.41. The zero-order chi connectivity index (χ0) is 12.8. The summed E-state index contributed by atoms with van der Waals surface area (Å²) in [5, 5.41) is 0.614. The van der Waals surface area contributed by atoms with Crippen LogP contribution in [0.3, 0.4) is 0 Å². The highest BCUT2D eigenvalue weighted by Gasteiger charge is 2.14. The van der Waals surface area contributed by atoms with E-state index >= 15 is 0 Å². The minimum atomic E-state index is -0.00222. The average Bonchev–Trinajstić information content (AvgIpc) is 2.28. The number of hydrogen-bond donors (Lipinski definition) is 0. The molecule has 0 radical (unpaired) electrons. The number of nitrogens with zero attached hydrogens (tertiary/aromatic N) is 1. The van der Waals surface area contributed by atoms with Crippen molar-refractivity contribution in [3.63, 3.8) is 0 Å². The third kappa shape index (κ3) is 4.17. The van der Waals surface area contributed by atoms with Crippen LogP contribution in [0.2, 0.25) is 5.02 Å². The summed E-state index contributed by atoms with van der Waals surface area (Å²) in [6.07, 6.45) is 3.70. The van der Waals surface area contributed by atoms with Crippen molar-refractivity contribution in [2.45, 2.75) is 12.8 Å². The molecule has 2 nitrogen and oxygen atoms in total. The van der Waals surface area contributed by atoms with Gasteiger partial charge in [-0.3, -0.25) is 4.79 Å². The maximum absolute atomic E-state index is 12.1. The highest BCUT2D eigenvalue weighted by Crippen LogP contribution is 2.22. The highest BCUT2D eigenvalue weighted by atomic mass is 79.9. The molecule has 0 aliphatic carbocycles. The van der Waals surface area contributed by atoms with Crippen molar-refractivity contribution in [3.8, 4) is 0 Å². The molecular weight excluding hydrogens is 302 g/mol. The number of carbonyl (C=O) groups excluding carboxylic acids is 1. The number of amides is 1. The lowest BCUT2D eigenvalue weighted by Gasteiger charge is -2.17. The minimum absolute atomic E-state index is 0.00222. The number of unbranched alkanes of at least 4 members (excludes halogenated alkanes) is 1. The summed E-state index contributed by atoms with van der Waals surface area (Å²) in [7, 11) is 1.80. The second-order valence-corrected chi connectivity index (χ2v) is 5.07. The first-order valence-electron chi connectivity index (χ1n) is 5.37. The summed E-state index contributed by atoms with van der Waals surface area (Å²) in [6.45, 7) is 4.38. The van der Waals surface area contributed by atoms with Gasteiger partial charge in [-0.05, 0) is 47.0 Å². The van der Waals surface area contributed by atoms with Crippen LogP contribution in [0.4, 0.5) is 0 Å². The van der Waals surface area contributed by atoms with Crippen molar-refractivity contribution < 1.29 is 4.79 Å². The van der Waals surface area contributed by atoms with Gasteiger partial charge in [0, 0.05) is 23.1 Å². The van der Waals surface area contributed by atoms with Crippen LogP contribution >= 0.6 is 27.5 Å². The van der Waals surface area contributed by atoms with Gasteiger partial charge in [0.15, 0.2) is 0 Å². The molecule has 0 unspecified atom stereocenters. The van der Waals surface area contributed by atoms with Gasteiger partial charge in [0.05, 0.1) is 5.56 Å². The Labute approximate surface area is 115 Å². The lowest BCUT2D eigenvalue weighted by molar-refractivity contribution is 0.0793. The van der Waals surface area contributed by atoms with E-state index in [-0.39, 0.29) is 5.91 Å². The molecule has 1 aromatic rings. The SMILES string of the molecule is C=CCCCN(C)C(=O)c1ccc(Cl)cc1Br. The number of rotatable bonds is 5. The maximum atomic E-state index is 12.1. The lowest BCUT2D eigenvalue weighted by atomic mass is 10.2. The number of halogens is 2. The number of benzene rings is 1. The van der Waals surface area contributed by atoms with E-state index in [4.69, 9.17) is 11.6 Å². The summed E-state index contributed by atoms with van der Waals surface area (Å²) in [5.41, 5.74) is 0.635. The molecule has 0 bridgehead atoms. The molecule has 0 aromatic heterocycles. The Bertz CT molecular complexity index is 420. The van der Waals surface area contributed by atoms with Crippen LogP contribution in [0.5, 0.6) is 0 Å². The fourth-order valence-corrected chi connectivity index (χ4v) is 2.30. The highest BCUT2D eigenvalue weighted by molar-refractivity contribution is 9.10. The largest absolute Gasteiger partial charge is 0.342 e. The Morgan fingerprint density at radius 1 is 1.59 bits per heavy atom. The molecule has 0 N–H and O–H groups in total. The van der Waals surface area contributed by atoms with Crippen LogP contribution < -0.4 is 0 Å². The molecule has 1 aromatic carbocycles. The summed E-state index contributed by atoms with van der Waals surface area (Å²) < 4.78 is 0.727. The van der Waals surface area contributed by atoms with Gasteiger partial charge < -0.3 is 4.90 Å². The summed E-state index contributed by atoms with van der Waals surface area (Å²) in [6, 6.07) is 5.18. The van der Waals surface area contributed by atoms with E-state index in [1.54, 1.807) is 30.1 Å². The van der Waals surface area contributed by atoms with Gasteiger partial charge >= 0.3 is 0 Å². The van der Waals surface area contributed by atoms with Crippen molar-refractivity contribution in [2.75, 3.05) is 13.6 Å². The molecule has 0 atom stereocenters. The summed E-state index contributed by atoms with van der Waals surface area (Å²) >= 11 is 9.19. The summed E-state index contributed by atoms with van der Waals surface area (Å²) in [5.74, 6) is -0.00222. The average molecular weight is 317 g/mol. The van der Waals surface area contributed by atoms with Gasteiger partial charge in [0.25, 0.3) is 5.91 Å². The predicted octanol–water partition coefficient (Wildman–Crippen LogP) is 4.14. The van der Waals surface area contributed by atoms with Crippen LogP contribution in [0.15, 0.2) is 35.3 Å². The topological polar surface area (TPSA) is 20.3 Å². The molecule has 0 aliphatic rings. The second-order valence-electron chi connectivity index (χ2n) is 3.78. The Hall–Kier alpha value is -0.800. The van der Waals surface area contributed by atoms with Gasteiger partial charge in [-0.15, -0.1) is 6.58 Å². The molecule has 92 valence electrons. The van der Waals surface area contributed by atoms with E-state index in [9.17, 15) is 4.79 Å². The van der Waals surface area contributed by atoms with Crippen molar-refractivity contribution in [3.05, 3.63) is 45.9 Å². The first-order valence-corrected chi connectivity index (χ1v) is 6.54. The van der Waals surface area contributed by atoms with E-state index in [1.807, 2.05) is 6.08 Å². The zero-order valence-electron chi connectivity index (χ0n) is 9.75. The van der Waals surface area contributed by atoms with Gasteiger partial charge in [0.2, 0.25) is 0 Å². The van der Waals surface area contributed by atoms with E-state index in [0.717, 1.165) is 23.9 Å². The zero-order valence-corrected chi connectivity index (χ0v) is 12.1. The van der Waals surface area contributed by atoms with Gasteiger partial charge in [-0.1, -0.05) is 17.7 Å². The minimum Gasteiger partial charge on any atom is -0.342 e. The van der Waals surface area contributed by atoms with Crippen molar-refractivity contribution in [2.24, 2.45) is 0 Å². The van der Waals surface area contributed by atoms with Crippen molar-refractivity contribution in [1.82, 2.24) is 4.90 Å². The predicted molar refractivity (Wildman–Crippen MR) is 75.5 cm³/mol. The van der Waals surface area contributed by atoms with Gasteiger partial charge in [-0.2, -0.15) is 0 Å². The Morgan fingerprint density at radius 3 is 2.88 bits per heavy atom. The van der Waals surface area contributed by atoms with Crippen molar-refractivity contribution in [1.29, 1.82) is 0 Å². The van der Waals surface area contributed by atoms with E-state index in [0.29, 0.717) is 10.6 Å². The Morgan fingerprint density at radius 2 is 2.29 bits per heavy atom. The van der Waals surface area contributed by atoms with Crippen LogP contribution in [-0.4, -0.2) is 24.4 Å².